The summed E-state index contributed by atoms with van der Waals surface area (Å²) in [5.41, 5.74) is 4.85. The van der Waals surface area contributed by atoms with Crippen molar-refractivity contribution in [1.82, 2.24) is 14.5 Å². The van der Waals surface area contributed by atoms with Crippen LogP contribution in [0.25, 0.3) is 33.1 Å². The third kappa shape index (κ3) is 2.70. The van der Waals surface area contributed by atoms with Crippen molar-refractivity contribution in [2.75, 3.05) is 13.1 Å². The molecule has 4 aromatic rings. The Labute approximate surface area is 178 Å². The number of aliphatic hydroxyl groups is 1. The molecule has 1 saturated heterocycles. The summed E-state index contributed by atoms with van der Waals surface area (Å²) in [6.07, 6.45) is 0.521. The lowest BCUT2D eigenvalue weighted by molar-refractivity contribution is 0.175. The van der Waals surface area contributed by atoms with Gasteiger partial charge in [0.05, 0.1) is 29.6 Å². The average Bonchev–Trinajstić information content (AvgIpc) is 3.31. The maximum atomic E-state index is 13.2. The van der Waals surface area contributed by atoms with Gasteiger partial charge in [-0.25, -0.2) is 4.98 Å². The summed E-state index contributed by atoms with van der Waals surface area (Å²) in [5.74, 6) is 0. The molecule has 0 saturated carbocycles. The minimum absolute atomic E-state index is 0.0192. The minimum atomic E-state index is -0.272. The normalized spacial score (nSPS) is 18.3. The Morgan fingerprint density at radius 1 is 1.13 bits per heavy atom. The van der Waals surface area contributed by atoms with Crippen molar-refractivity contribution in [3.8, 4) is 11.4 Å². The molecule has 2 aromatic carbocycles. The van der Waals surface area contributed by atoms with E-state index in [4.69, 9.17) is 16.6 Å². The molecule has 150 valence electrons. The van der Waals surface area contributed by atoms with Gasteiger partial charge in [0, 0.05) is 41.0 Å². The van der Waals surface area contributed by atoms with Gasteiger partial charge in [0.25, 0.3) is 5.56 Å². The lowest BCUT2D eigenvalue weighted by atomic mass is 10.00. The quantitative estimate of drug-likeness (QED) is 0.474. The number of pyridine rings is 2. The van der Waals surface area contributed by atoms with Gasteiger partial charge >= 0.3 is 0 Å². The molecule has 1 N–H and O–H groups in total. The molecule has 4 heterocycles. The Morgan fingerprint density at radius 2 is 2.00 bits per heavy atom. The molecule has 2 aromatic heterocycles. The number of hydrogen-bond donors (Lipinski definition) is 1. The lowest BCUT2D eigenvalue weighted by Gasteiger charge is -2.19. The number of nitrogens with zero attached hydrogens (tertiary/aromatic N) is 3. The fourth-order valence-electron chi connectivity index (χ4n) is 4.90. The van der Waals surface area contributed by atoms with Crippen molar-refractivity contribution in [3.63, 3.8) is 0 Å². The molecule has 0 aliphatic carbocycles. The summed E-state index contributed by atoms with van der Waals surface area (Å²) in [4.78, 5) is 20.4. The summed E-state index contributed by atoms with van der Waals surface area (Å²) in [5, 5.41) is 13.4. The van der Waals surface area contributed by atoms with Crippen molar-refractivity contribution in [2.24, 2.45) is 0 Å². The molecule has 30 heavy (non-hydrogen) atoms. The van der Waals surface area contributed by atoms with Crippen LogP contribution in [0.2, 0.25) is 5.02 Å². The summed E-state index contributed by atoms with van der Waals surface area (Å²) in [6.45, 7) is 2.78. The Bertz CT molecular complexity index is 1400. The first kappa shape index (κ1) is 18.1. The monoisotopic (exact) mass is 417 g/mol. The van der Waals surface area contributed by atoms with Crippen LogP contribution in [0, 0.1) is 0 Å². The van der Waals surface area contributed by atoms with E-state index in [1.807, 2.05) is 47.0 Å². The second-order valence-electron chi connectivity index (χ2n) is 8.26. The minimum Gasteiger partial charge on any atom is -0.392 e. The molecule has 6 rings (SSSR count). The first-order valence-corrected chi connectivity index (χ1v) is 10.6. The highest BCUT2D eigenvalue weighted by atomic mass is 35.5. The van der Waals surface area contributed by atoms with E-state index in [-0.39, 0.29) is 11.7 Å². The van der Waals surface area contributed by atoms with Gasteiger partial charge in [-0.05, 0) is 41.6 Å². The second-order valence-corrected chi connectivity index (χ2v) is 8.70. The Hall–Kier alpha value is -2.73. The highest BCUT2D eigenvalue weighted by Gasteiger charge is 2.29. The predicted octanol–water partition coefficient (Wildman–Crippen LogP) is 3.80. The molecular formula is C24H20ClN3O2. The lowest BCUT2D eigenvalue weighted by Crippen LogP contribution is -2.23. The zero-order valence-electron chi connectivity index (χ0n) is 16.3. The maximum Gasteiger partial charge on any atom is 0.259 e. The van der Waals surface area contributed by atoms with E-state index in [1.54, 1.807) is 0 Å². The molecule has 0 unspecified atom stereocenters. The first-order valence-electron chi connectivity index (χ1n) is 10.2. The second kappa shape index (κ2) is 6.64. The summed E-state index contributed by atoms with van der Waals surface area (Å²) in [7, 11) is 0. The van der Waals surface area contributed by atoms with Crippen molar-refractivity contribution < 1.29 is 5.11 Å². The van der Waals surface area contributed by atoms with Gasteiger partial charge in [0.2, 0.25) is 0 Å². The zero-order chi connectivity index (χ0) is 20.4. The first-order chi connectivity index (χ1) is 14.6. The van der Waals surface area contributed by atoms with E-state index in [1.165, 1.54) is 5.56 Å². The number of aliphatic hydroxyl groups excluding tert-OH is 1. The van der Waals surface area contributed by atoms with Gasteiger partial charge in [-0.1, -0.05) is 35.9 Å². The van der Waals surface area contributed by atoms with Crippen LogP contribution in [0.4, 0.5) is 0 Å². The molecule has 2 aliphatic rings. The zero-order valence-corrected chi connectivity index (χ0v) is 17.1. The standard InChI is InChI=1S/C24H20ClN3O2/c25-15-5-6-18-19(12-27-8-7-16(29)11-27)20-13-28-22(23(20)26-21(18)10-15)9-14-3-1-2-4-17(14)24(28)30/h1-6,9-10,16,29H,7-8,11-13H2/t16-/m0/s1. The number of rotatable bonds is 2. The van der Waals surface area contributed by atoms with E-state index in [0.29, 0.717) is 18.1 Å². The number of benzene rings is 2. The molecule has 1 atom stereocenters. The van der Waals surface area contributed by atoms with Crippen LogP contribution in [0.15, 0.2) is 53.3 Å². The number of aromatic nitrogens is 2. The van der Waals surface area contributed by atoms with Gasteiger partial charge in [-0.15, -0.1) is 0 Å². The van der Waals surface area contributed by atoms with Gasteiger partial charge in [-0.3, -0.25) is 9.69 Å². The number of halogens is 1. The van der Waals surface area contributed by atoms with Crippen molar-refractivity contribution in [2.45, 2.75) is 25.6 Å². The molecule has 6 heteroatoms. The van der Waals surface area contributed by atoms with E-state index >= 15 is 0 Å². The highest BCUT2D eigenvalue weighted by Crippen LogP contribution is 2.37. The summed E-state index contributed by atoms with van der Waals surface area (Å²) in [6, 6.07) is 15.6. The van der Waals surface area contributed by atoms with Gasteiger partial charge in [-0.2, -0.15) is 0 Å². The Morgan fingerprint density at radius 3 is 2.83 bits per heavy atom. The SMILES string of the molecule is O=c1c2ccccc2cc2n1Cc1c-2nc2cc(Cl)ccc2c1CN1CC[C@H](O)C1. The van der Waals surface area contributed by atoms with E-state index < -0.39 is 0 Å². The smallest absolute Gasteiger partial charge is 0.259 e. The van der Waals surface area contributed by atoms with Crippen LogP contribution in [-0.2, 0) is 13.1 Å². The van der Waals surface area contributed by atoms with Crippen LogP contribution in [-0.4, -0.2) is 38.8 Å². The molecule has 2 aliphatic heterocycles. The molecule has 0 amide bonds. The van der Waals surface area contributed by atoms with E-state index in [9.17, 15) is 9.90 Å². The van der Waals surface area contributed by atoms with Gasteiger partial charge < -0.3 is 9.67 Å². The van der Waals surface area contributed by atoms with Crippen molar-refractivity contribution >= 4 is 33.3 Å². The third-order valence-electron chi connectivity index (χ3n) is 6.37. The Balaban J connectivity index is 1.61. The Kier molecular flexibility index (Phi) is 4.00. The van der Waals surface area contributed by atoms with Crippen LogP contribution in [0.1, 0.15) is 17.5 Å². The fraction of sp³-hybridized carbons (Fsp3) is 0.250. The molecule has 0 spiro atoms. The summed E-state index contributed by atoms with van der Waals surface area (Å²) < 4.78 is 1.84. The number of hydrogen-bond acceptors (Lipinski definition) is 4. The topological polar surface area (TPSA) is 58.4 Å². The van der Waals surface area contributed by atoms with Crippen LogP contribution < -0.4 is 5.56 Å². The van der Waals surface area contributed by atoms with E-state index in [0.717, 1.165) is 58.1 Å². The number of β-amino-alcohol motifs (C(OH)–C–C–N with tert-alkyl or cyclic N) is 1. The van der Waals surface area contributed by atoms with Gasteiger partial charge in [0.15, 0.2) is 0 Å². The molecule has 0 bridgehead atoms. The van der Waals surface area contributed by atoms with Crippen molar-refractivity contribution in [3.05, 3.63) is 75.0 Å². The third-order valence-corrected chi connectivity index (χ3v) is 6.61. The van der Waals surface area contributed by atoms with E-state index in [2.05, 4.69) is 11.0 Å². The molecule has 5 nitrogen and oxygen atoms in total. The van der Waals surface area contributed by atoms with Crippen LogP contribution >= 0.6 is 11.6 Å². The van der Waals surface area contributed by atoms with Crippen LogP contribution in [0.5, 0.6) is 0 Å². The number of likely N-dealkylation sites (tertiary alicyclic amines) is 1. The number of fused-ring (bicyclic) bond motifs is 5. The average molecular weight is 418 g/mol. The molecular weight excluding hydrogens is 398 g/mol. The molecule has 0 radical (unpaired) electrons. The maximum absolute atomic E-state index is 13.2. The fourth-order valence-corrected chi connectivity index (χ4v) is 5.06. The predicted molar refractivity (Wildman–Crippen MR) is 119 cm³/mol. The van der Waals surface area contributed by atoms with Gasteiger partial charge in [0.1, 0.15) is 0 Å². The van der Waals surface area contributed by atoms with Crippen molar-refractivity contribution in [1.29, 1.82) is 0 Å². The highest BCUT2D eigenvalue weighted by molar-refractivity contribution is 6.31. The largest absolute Gasteiger partial charge is 0.392 e. The summed E-state index contributed by atoms with van der Waals surface area (Å²) >= 11 is 6.28. The molecule has 1 fully saturated rings. The van der Waals surface area contributed by atoms with Crippen LogP contribution in [0.3, 0.4) is 0 Å².